The zero-order valence-corrected chi connectivity index (χ0v) is 20.3. The average Bonchev–Trinajstić information content (AvgIpc) is 2.97. The van der Waals surface area contributed by atoms with Crippen LogP contribution in [-0.2, 0) is 26.7 Å². The van der Waals surface area contributed by atoms with Crippen LogP contribution in [0, 0.1) is 31.1 Å². The number of ether oxygens (including phenoxy) is 3. The molecule has 0 spiro atoms. The highest BCUT2D eigenvalue weighted by atomic mass is 16.8. The zero-order valence-electron chi connectivity index (χ0n) is 20.3. The maximum Gasteiger partial charge on any atom is 0.511 e. The minimum Gasteiger partial charge on any atom is -0.454 e. The predicted molar refractivity (Wildman–Crippen MR) is 123 cm³/mol. The lowest BCUT2D eigenvalue weighted by Gasteiger charge is -2.19. The summed E-state index contributed by atoms with van der Waals surface area (Å²) < 4.78 is 17.6. The molecule has 0 aliphatic heterocycles. The number of nitriles is 1. The van der Waals surface area contributed by atoms with E-state index in [1.807, 2.05) is 52.0 Å². The van der Waals surface area contributed by atoms with E-state index in [1.165, 1.54) is 0 Å². The third-order valence-corrected chi connectivity index (χ3v) is 5.03. The van der Waals surface area contributed by atoms with Crippen LogP contribution < -0.4 is 0 Å². The summed E-state index contributed by atoms with van der Waals surface area (Å²) in [6, 6.07) is 10.1. The lowest BCUT2D eigenvalue weighted by Crippen LogP contribution is -2.14. The molecule has 32 heavy (non-hydrogen) atoms. The first kappa shape index (κ1) is 25.0. The van der Waals surface area contributed by atoms with Gasteiger partial charge in [0.05, 0.1) is 12.3 Å². The zero-order chi connectivity index (χ0) is 24.1. The molecule has 1 aromatic heterocycles. The Morgan fingerprint density at radius 3 is 2.22 bits per heavy atom. The van der Waals surface area contributed by atoms with Crippen LogP contribution in [0.3, 0.4) is 0 Å². The van der Waals surface area contributed by atoms with E-state index in [-0.39, 0.29) is 24.7 Å². The summed E-state index contributed by atoms with van der Waals surface area (Å²) in [5.74, 6) is 0.494. The Morgan fingerprint density at radius 1 is 1.12 bits per heavy atom. The summed E-state index contributed by atoms with van der Waals surface area (Å²) in [6.07, 6.45) is -0.816. The van der Waals surface area contributed by atoms with Gasteiger partial charge < -0.3 is 14.2 Å². The fourth-order valence-corrected chi connectivity index (χ4v) is 3.14. The van der Waals surface area contributed by atoms with E-state index in [0.29, 0.717) is 22.6 Å². The second-order valence-electron chi connectivity index (χ2n) is 9.19. The molecule has 0 N–H and O–H groups in total. The molecule has 0 bridgehead atoms. The monoisotopic (exact) mass is 439 g/mol. The van der Waals surface area contributed by atoms with Crippen molar-refractivity contribution >= 4 is 17.5 Å². The van der Waals surface area contributed by atoms with Gasteiger partial charge in [-0.25, -0.2) is 4.79 Å². The molecule has 0 amide bonds. The number of allylic oxidation sites excluding steroid dienone is 1. The maximum atomic E-state index is 11.8. The largest absolute Gasteiger partial charge is 0.511 e. The van der Waals surface area contributed by atoms with Crippen LogP contribution in [0.25, 0.3) is 11.3 Å². The lowest BCUT2D eigenvalue weighted by atomic mass is 9.86. The molecule has 0 fully saturated rings. The second-order valence-corrected chi connectivity index (χ2v) is 9.19. The highest BCUT2D eigenvalue weighted by Crippen LogP contribution is 2.31. The molecule has 0 saturated carbocycles. The molecule has 1 aromatic carbocycles. The van der Waals surface area contributed by atoms with Gasteiger partial charge in [-0.05, 0) is 36.3 Å². The van der Waals surface area contributed by atoms with Gasteiger partial charge in [-0.3, -0.25) is 4.68 Å². The van der Waals surface area contributed by atoms with Crippen molar-refractivity contribution in [1.29, 1.82) is 5.26 Å². The van der Waals surface area contributed by atoms with Crippen LogP contribution in [0.4, 0.5) is 4.79 Å². The molecule has 2 rings (SSSR count). The quantitative estimate of drug-likeness (QED) is 0.245. The summed E-state index contributed by atoms with van der Waals surface area (Å²) in [5, 5.41) is 14.5. The Kier molecular flexibility index (Phi) is 8.09. The van der Waals surface area contributed by atoms with Crippen LogP contribution in [0.2, 0.25) is 0 Å². The molecular weight excluding hydrogens is 406 g/mol. The maximum absolute atomic E-state index is 11.8. The van der Waals surface area contributed by atoms with Crippen molar-refractivity contribution < 1.29 is 19.0 Å². The Bertz CT molecular complexity index is 1020. The first-order valence-corrected chi connectivity index (χ1v) is 10.6. The van der Waals surface area contributed by atoms with Gasteiger partial charge in [0.2, 0.25) is 6.79 Å². The van der Waals surface area contributed by atoms with Crippen molar-refractivity contribution in [1.82, 2.24) is 9.78 Å². The number of nitrogens with zero attached hydrogens (tertiary/aromatic N) is 3. The summed E-state index contributed by atoms with van der Waals surface area (Å²) in [7, 11) is 1.79. The van der Waals surface area contributed by atoms with Crippen molar-refractivity contribution in [2.45, 2.75) is 53.9 Å². The van der Waals surface area contributed by atoms with Crippen molar-refractivity contribution in [3.05, 3.63) is 52.3 Å². The Morgan fingerprint density at radius 2 is 1.75 bits per heavy atom. The Labute approximate surface area is 190 Å². The van der Waals surface area contributed by atoms with Crippen LogP contribution in [0.15, 0.2) is 24.3 Å². The molecule has 7 nitrogen and oxygen atoms in total. The molecule has 0 saturated heterocycles. The van der Waals surface area contributed by atoms with Gasteiger partial charge in [0.15, 0.2) is 5.76 Å². The fraction of sp³-hybridized carbons (Fsp3) is 0.480. The lowest BCUT2D eigenvalue weighted by molar-refractivity contribution is -0.00946. The van der Waals surface area contributed by atoms with E-state index in [2.05, 4.69) is 31.9 Å². The molecule has 0 aliphatic carbocycles. The van der Waals surface area contributed by atoms with E-state index in [0.717, 1.165) is 16.8 Å². The number of aryl methyl sites for hydroxylation is 2. The van der Waals surface area contributed by atoms with Crippen LogP contribution >= 0.6 is 0 Å². The first-order chi connectivity index (χ1) is 15.0. The van der Waals surface area contributed by atoms with Gasteiger partial charge in [-0.2, -0.15) is 10.4 Å². The van der Waals surface area contributed by atoms with Crippen LogP contribution in [0.5, 0.6) is 0 Å². The van der Waals surface area contributed by atoms with Gasteiger partial charge in [0.25, 0.3) is 0 Å². The van der Waals surface area contributed by atoms with Gasteiger partial charge >= 0.3 is 6.16 Å². The molecule has 1 heterocycles. The molecule has 7 heteroatoms. The molecule has 0 radical (unpaired) electrons. The van der Waals surface area contributed by atoms with Crippen LogP contribution in [0.1, 0.15) is 62.7 Å². The Balaban J connectivity index is 2.43. The van der Waals surface area contributed by atoms with E-state index < -0.39 is 6.16 Å². The van der Waals surface area contributed by atoms with Gasteiger partial charge in [0, 0.05) is 12.6 Å². The number of carbonyl (C=O) groups excluding carboxylic acids is 1. The molecule has 172 valence electrons. The minimum absolute atomic E-state index is 0.00565. The molecular formula is C25H33N3O4. The van der Waals surface area contributed by atoms with Crippen LogP contribution in [-0.4, -0.2) is 29.3 Å². The standard InChI is InChI=1S/C25H33N3O4/c1-16(2)14-30-24(29)32-15-31-23(22-17(3)18(4)27-28(22)8)21(13-26)19-9-11-20(12-10-19)25(5,6)7/h9-12,16H,14-15H2,1-8H3/b23-21-. The summed E-state index contributed by atoms with van der Waals surface area (Å²) in [6.45, 7) is 13.9. The number of aromatic nitrogens is 2. The Hall–Kier alpha value is -3.27. The number of hydrogen-bond donors (Lipinski definition) is 0. The summed E-state index contributed by atoms with van der Waals surface area (Å²) >= 11 is 0. The molecule has 0 unspecified atom stereocenters. The third kappa shape index (κ3) is 6.13. The average molecular weight is 440 g/mol. The normalized spacial score (nSPS) is 12.2. The van der Waals surface area contributed by atoms with E-state index in [4.69, 9.17) is 14.2 Å². The SMILES string of the molecule is Cc1nn(C)c(/C(OCOC(=O)OCC(C)C)=C(\C#N)c2ccc(C(C)(C)C)cc2)c1C. The van der Waals surface area contributed by atoms with Crippen molar-refractivity contribution in [3.63, 3.8) is 0 Å². The number of rotatable bonds is 7. The minimum atomic E-state index is -0.816. The molecule has 0 atom stereocenters. The summed E-state index contributed by atoms with van der Waals surface area (Å²) in [5.41, 5.74) is 4.54. The van der Waals surface area contributed by atoms with Crippen molar-refractivity contribution in [2.24, 2.45) is 13.0 Å². The van der Waals surface area contributed by atoms with E-state index in [1.54, 1.807) is 11.7 Å². The third-order valence-electron chi connectivity index (χ3n) is 5.03. The van der Waals surface area contributed by atoms with Gasteiger partial charge in [-0.1, -0.05) is 58.9 Å². The van der Waals surface area contributed by atoms with Gasteiger partial charge in [0.1, 0.15) is 17.3 Å². The topological polar surface area (TPSA) is 86.4 Å². The molecule has 2 aromatic rings. The first-order valence-electron chi connectivity index (χ1n) is 10.6. The van der Waals surface area contributed by atoms with E-state index >= 15 is 0 Å². The molecule has 0 aliphatic rings. The van der Waals surface area contributed by atoms with Gasteiger partial charge in [-0.15, -0.1) is 0 Å². The van der Waals surface area contributed by atoms with E-state index in [9.17, 15) is 10.1 Å². The number of benzene rings is 1. The number of carbonyl (C=O) groups is 1. The second kappa shape index (κ2) is 10.4. The highest BCUT2D eigenvalue weighted by molar-refractivity contribution is 5.94. The predicted octanol–water partition coefficient (Wildman–Crippen LogP) is 5.51. The number of hydrogen-bond acceptors (Lipinski definition) is 6. The fourth-order valence-electron chi connectivity index (χ4n) is 3.14. The highest BCUT2D eigenvalue weighted by Gasteiger charge is 2.22. The smallest absolute Gasteiger partial charge is 0.454 e. The summed E-state index contributed by atoms with van der Waals surface area (Å²) in [4.78, 5) is 11.8. The van der Waals surface area contributed by atoms with Crippen molar-refractivity contribution in [2.75, 3.05) is 13.4 Å². The van der Waals surface area contributed by atoms with Crippen molar-refractivity contribution in [3.8, 4) is 6.07 Å².